The fourth-order valence-electron chi connectivity index (χ4n) is 2.16. The van der Waals surface area contributed by atoms with E-state index in [9.17, 15) is 4.79 Å². The van der Waals surface area contributed by atoms with Crippen molar-refractivity contribution in [2.24, 2.45) is 23.0 Å². The van der Waals surface area contributed by atoms with E-state index < -0.39 is 5.41 Å². The van der Waals surface area contributed by atoms with Crippen LogP contribution >= 0.6 is 12.2 Å². The molecule has 0 heterocycles. The Balaban J connectivity index is 2.56. The van der Waals surface area contributed by atoms with Gasteiger partial charge in [-0.1, -0.05) is 26.1 Å². The molecule has 3 N–H and O–H groups in total. The molecule has 1 rings (SSSR count). The molecule has 3 unspecified atom stereocenters. The quantitative estimate of drug-likeness (QED) is 0.761. The summed E-state index contributed by atoms with van der Waals surface area (Å²) in [5, 5.41) is 3.08. The lowest BCUT2D eigenvalue weighted by molar-refractivity contribution is -0.127. The Morgan fingerprint density at radius 1 is 1.29 bits per heavy atom. The lowest BCUT2D eigenvalue weighted by Gasteiger charge is -2.34. The first-order valence-corrected chi connectivity index (χ1v) is 6.76. The van der Waals surface area contributed by atoms with Crippen molar-refractivity contribution in [1.82, 2.24) is 5.32 Å². The molecule has 1 amide bonds. The van der Waals surface area contributed by atoms with Gasteiger partial charge in [0.2, 0.25) is 5.91 Å². The van der Waals surface area contributed by atoms with Gasteiger partial charge in [-0.2, -0.15) is 0 Å². The predicted octanol–water partition coefficient (Wildman–Crippen LogP) is 2.24. The molecule has 1 fully saturated rings. The molecule has 0 spiro atoms. The highest BCUT2D eigenvalue weighted by Crippen LogP contribution is 2.30. The second-order valence-electron chi connectivity index (χ2n) is 5.93. The summed E-state index contributed by atoms with van der Waals surface area (Å²) in [6.07, 6.45) is 3.30. The predicted molar refractivity (Wildman–Crippen MR) is 74.7 cm³/mol. The van der Waals surface area contributed by atoms with Crippen LogP contribution in [0.2, 0.25) is 0 Å². The SMILES string of the molecule is CC1CCC(NC(=O)C(C)(C)C(N)=S)CC1C. The summed E-state index contributed by atoms with van der Waals surface area (Å²) < 4.78 is 0. The van der Waals surface area contributed by atoms with Crippen LogP contribution in [0.1, 0.15) is 47.0 Å². The standard InChI is InChI=1S/C13H24N2OS/c1-8-5-6-10(7-9(8)2)15-12(16)13(3,4)11(14)17/h8-10H,5-7H2,1-4H3,(H2,14,17)(H,15,16). The van der Waals surface area contributed by atoms with Crippen molar-refractivity contribution in [2.75, 3.05) is 0 Å². The zero-order valence-electron chi connectivity index (χ0n) is 11.2. The third-order valence-electron chi connectivity index (χ3n) is 4.12. The lowest BCUT2D eigenvalue weighted by atomic mass is 9.78. The van der Waals surface area contributed by atoms with Gasteiger partial charge >= 0.3 is 0 Å². The molecule has 3 nitrogen and oxygen atoms in total. The fraction of sp³-hybridized carbons (Fsp3) is 0.846. The fourth-order valence-corrected chi connectivity index (χ4v) is 2.25. The maximum absolute atomic E-state index is 12.1. The van der Waals surface area contributed by atoms with Crippen LogP contribution in [0.5, 0.6) is 0 Å². The van der Waals surface area contributed by atoms with Gasteiger partial charge in [-0.05, 0) is 44.9 Å². The third kappa shape index (κ3) is 3.41. The first-order valence-electron chi connectivity index (χ1n) is 6.36. The average molecular weight is 256 g/mol. The van der Waals surface area contributed by atoms with Gasteiger partial charge in [-0.15, -0.1) is 0 Å². The summed E-state index contributed by atoms with van der Waals surface area (Å²) in [5.74, 6) is 1.38. The molecule has 0 aromatic carbocycles. The molecule has 1 saturated carbocycles. The second-order valence-corrected chi connectivity index (χ2v) is 6.37. The Hall–Kier alpha value is -0.640. The van der Waals surface area contributed by atoms with Gasteiger partial charge in [0.15, 0.2) is 0 Å². The molecule has 3 atom stereocenters. The average Bonchev–Trinajstić information content (AvgIpc) is 2.23. The molecule has 0 aromatic rings. The summed E-state index contributed by atoms with van der Waals surface area (Å²) in [6, 6.07) is 0.280. The molecular weight excluding hydrogens is 232 g/mol. The van der Waals surface area contributed by atoms with Crippen LogP contribution in [-0.2, 0) is 4.79 Å². The van der Waals surface area contributed by atoms with Crippen molar-refractivity contribution in [3.63, 3.8) is 0 Å². The van der Waals surface area contributed by atoms with Gasteiger partial charge in [-0.25, -0.2) is 0 Å². The number of nitrogens with two attached hydrogens (primary N) is 1. The number of hydrogen-bond acceptors (Lipinski definition) is 2. The summed E-state index contributed by atoms with van der Waals surface area (Å²) in [6.45, 7) is 8.09. The molecule has 17 heavy (non-hydrogen) atoms. The van der Waals surface area contributed by atoms with Gasteiger partial charge in [0, 0.05) is 6.04 Å². The Kier molecular flexibility index (Phi) is 4.53. The van der Waals surface area contributed by atoms with E-state index in [1.165, 1.54) is 6.42 Å². The minimum Gasteiger partial charge on any atom is -0.392 e. The minimum absolute atomic E-state index is 0.0447. The molecule has 0 bridgehead atoms. The van der Waals surface area contributed by atoms with Crippen LogP contribution < -0.4 is 11.1 Å². The molecular formula is C13H24N2OS. The third-order valence-corrected chi connectivity index (χ3v) is 4.63. The zero-order chi connectivity index (χ0) is 13.2. The Morgan fingerprint density at radius 2 is 1.88 bits per heavy atom. The second kappa shape index (κ2) is 5.34. The smallest absolute Gasteiger partial charge is 0.232 e. The van der Waals surface area contributed by atoms with Crippen molar-refractivity contribution in [3.8, 4) is 0 Å². The number of carbonyl (C=O) groups is 1. The first kappa shape index (κ1) is 14.4. The topological polar surface area (TPSA) is 55.1 Å². The highest BCUT2D eigenvalue weighted by Gasteiger charge is 2.34. The summed E-state index contributed by atoms with van der Waals surface area (Å²) in [5.41, 5.74) is 4.85. The number of nitrogens with one attached hydrogen (secondary N) is 1. The Labute approximate surface area is 110 Å². The van der Waals surface area contributed by atoms with Gasteiger partial charge in [0.1, 0.15) is 0 Å². The number of hydrogen-bond donors (Lipinski definition) is 2. The van der Waals surface area contributed by atoms with Crippen LogP contribution in [0.4, 0.5) is 0 Å². The maximum Gasteiger partial charge on any atom is 0.232 e. The maximum atomic E-state index is 12.1. The minimum atomic E-state index is -0.748. The van der Waals surface area contributed by atoms with Crippen molar-refractivity contribution >= 4 is 23.1 Å². The van der Waals surface area contributed by atoms with E-state index in [0.717, 1.165) is 18.8 Å². The number of amides is 1. The monoisotopic (exact) mass is 256 g/mol. The Morgan fingerprint density at radius 3 is 2.35 bits per heavy atom. The van der Waals surface area contributed by atoms with Gasteiger partial charge < -0.3 is 11.1 Å². The molecule has 0 saturated heterocycles. The number of thiocarbonyl (C=S) groups is 1. The van der Waals surface area contributed by atoms with Crippen molar-refractivity contribution in [2.45, 2.75) is 53.0 Å². The zero-order valence-corrected chi connectivity index (χ0v) is 12.1. The molecule has 98 valence electrons. The molecule has 4 heteroatoms. The van der Waals surface area contributed by atoms with Crippen molar-refractivity contribution in [1.29, 1.82) is 0 Å². The highest BCUT2D eigenvalue weighted by molar-refractivity contribution is 7.80. The van der Waals surface area contributed by atoms with E-state index in [-0.39, 0.29) is 16.9 Å². The molecule has 0 radical (unpaired) electrons. The van der Waals surface area contributed by atoms with E-state index in [1.54, 1.807) is 13.8 Å². The van der Waals surface area contributed by atoms with Crippen LogP contribution in [0.3, 0.4) is 0 Å². The van der Waals surface area contributed by atoms with E-state index >= 15 is 0 Å². The van der Waals surface area contributed by atoms with Crippen LogP contribution in [0.25, 0.3) is 0 Å². The normalized spacial score (nSPS) is 29.8. The Bertz CT molecular complexity index is 315. The van der Waals surface area contributed by atoms with E-state index in [0.29, 0.717) is 5.92 Å². The van der Waals surface area contributed by atoms with Crippen LogP contribution in [0.15, 0.2) is 0 Å². The lowest BCUT2D eigenvalue weighted by Crippen LogP contribution is -2.49. The van der Waals surface area contributed by atoms with Crippen LogP contribution in [0, 0.1) is 17.3 Å². The summed E-state index contributed by atoms with van der Waals surface area (Å²) >= 11 is 4.93. The summed E-state index contributed by atoms with van der Waals surface area (Å²) in [4.78, 5) is 12.3. The number of carbonyl (C=O) groups excluding carboxylic acids is 1. The van der Waals surface area contributed by atoms with Crippen molar-refractivity contribution < 1.29 is 4.79 Å². The number of rotatable bonds is 3. The van der Waals surface area contributed by atoms with E-state index in [4.69, 9.17) is 18.0 Å². The van der Waals surface area contributed by atoms with Crippen LogP contribution in [-0.4, -0.2) is 16.9 Å². The van der Waals surface area contributed by atoms with E-state index in [1.807, 2.05) is 0 Å². The summed E-state index contributed by atoms with van der Waals surface area (Å²) in [7, 11) is 0. The molecule has 0 aliphatic heterocycles. The van der Waals surface area contributed by atoms with Crippen molar-refractivity contribution in [3.05, 3.63) is 0 Å². The molecule has 1 aliphatic rings. The molecule has 0 aromatic heterocycles. The largest absolute Gasteiger partial charge is 0.392 e. The first-order chi connectivity index (χ1) is 7.75. The molecule has 1 aliphatic carbocycles. The highest BCUT2D eigenvalue weighted by atomic mass is 32.1. The van der Waals surface area contributed by atoms with Gasteiger partial charge in [0.05, 0.1) is 10.4 Å². The van der Waals surface area contributed by atoms with Gasteiger partial charge in [0.25, 0.3) is 0 Å². The van der Waals surface area contributed by atoms with Gasteiger partial charge in [-0.3, -0.25) is 4.79 Å². The van der Waals surface area contributed by atoms with E-state index in [2.05, 4.69) is 19.2 Å².